The maximum Gasteiger partial charge on any atom is 0.155 e. The van der Waals surface area contributed by atoms with Crippen LogP contribution >= 0.6 is 0 Å². The highest BCUT2D eigenvalue weighted by atomic mass is 19.1. The lowest BCUT2D eigenvalue weighted by atomic mass is 10.2. The number of anilines is 2. The van der Waals surface area contributed by atoms with Crippen molar-refractivity contribution >= 4 is 11.5 Å². The summed E-state index contributed by atoms with van der Waals surface area (Å²) in [5, 5.41) is 11.8. The van der Waals surface area contributed by atoms with Crippen LogP contribution in [0, 0.1) is 5.82 Å². The number of hydrogen-bond donors (Lipinski definition) is 1. The van der Waals surface area contributed by atoms with Crippen LogP contribution in [0.15, 0.2) is 36.4 Å². The molecular formula is C16H21FN4. The predicted octanol–water partition coefficient (Wildman–Crippen LogP) is 3.27. The lowest BCUT2D eigenvalue weighted by molar-refractivity contribution is 0.577. The van der Waals surface area contributed by atoms with E-state index < -0.39 is 0 Å². The monoisotopic (exact) mass is 288 g/mol. The van der Waals surface area contributed by atoms with Crippen LogP contribution < -0.4 is 10.2 Å². The smallest absolute Gasteiger partial charge is 0.155 e. The number of rotatable bonds is 6. The summed E-state index contributed by atoms with van der Waals surface area (Å²) in [4.78, 5) is 1.99. The fourth-order valence-corrected chi connectivity index (χ4v) is 2.00. The van der Waals surface area contributed by atoms with Crippen LogP contribution in [0.1, 0.15) is 26.5 Å². The standard InChI is InChI=1S/C16H21FN4/c1-4-21(15-8-5-13(17)6-9-15)16-10-7-14(19-20-16)11-18-12(2)3/h5-10,12,18H,4,11H2,1-3H3. The maximum absolute atomic E-state index is 13.0. The molecule has 0 aliphatic rings. The summed E-state index contributed by atoms with van der Waals surface area (Å²) in [6.45, 7) is 7.65. The van der Waals surface area contributed by atoms with Crippen molar-refractivity contribution in [2.45, 2.75) is 33.4 Å². The Balaban J connectivity index is 2.13. The topological polar surface area (TPSA) is 41.0 Å². The van der Waals surface area contributed by atoms with E-state index in [-0.39, 0.29) is 5.82 Å². The van der Waals surface area contributed by atoms with Crippen LogP contribution in [0.3, 0.4) is 0 Å². The van der Waals surface area contributed by atoms with Gasteiger partial charge in [-0.05, 0) is 43.3 Å². The number of nitrogens with one attached hydrogen (secondary N) is 1. The van der Waals surface area contributed by atoms with Crippen molar-refractivity contribution in [3.8, 4) is 0 Å². The average Bonchev–Trinajstić information content (AvgIpc) is 2.49. The minimum Gasteiger partial charge on any atom is -0.325 e. The number of halogens is 1. The molecule has 1 aromatic heterocycles. The van der Waals surface area contributed by atoms with Gasteiger partial charge in [0, 0.05) is 24.8 Å². The number of aromatic nitrogens is 2. The Kier molecular flexibility index (Phi) is 5.22. The third kappa shape index (κ3) is 4.23. The molecule has 0 spiro atoms. The first-order valence-corrected chi connectivity index (χ1v) is 7.19. The summed E-state index contributed by atoms with van der Waals surface area (Å²) in [6, 6.07) is 10.7. The lowest BCUT2D eigenvalue weighted by Crippen LogP contribution is -2.23. The first-order chi connectivity index (χ1) is 10.1. The molecule has 0 bridgehead atoms. The molecule has 1 aromatic carbocycles. The second kappa shape index (κ2) is 7.13. The molecule has 5 heteroatoms. The molecule has 0 radical (unpaired) electrons. The molecule has 0 saturated heterocycles. The number of hydrogen-bond acceptors (Lipinski definition) is 4. The van der Waals surface area contributed by atoms with Crippen molar-refractivity contribution in [3.05, 3.63) is 47.9 Å². The molecule has 2 rings (SSSR count). The minimum absolute atomic E-state index is 0.240. The molecular weight excluding hydrogens is 267 g/mol. The highest BCUT2D eigenvalue weighted by molar-refractivity contribution is 5.59. The highest BCUT2D eigenvalue weighted by Crippen LogP contribution is 2.22. The van der Waals surface area contributed by atoms with Gasteiger partial charge in [-0.3, -0.25) is 0 Å². The van der Waals surface area contributed by atoms with Crippen molar-refractivity contribution in [1.29, 1.82) is 0 Å². The van der Waals surface area contributed by atoms with E-state index >= 15 is 0 Å². The Morgan fingerprint density at radius 2 is 1.81 bits per heavy atom. The summed E-state index contributed by atoms with van der Waals surface area (Å²) >= 11 is 0. The zero-order valence-electron chi connectivity index (χ0n) is 12.7. The van der Waals surface area contributed by atoms with Gasteiger partial charge in [-0.1, -0.05) is 13.8 Å². The highest BCUT2D eigenvalue weighted by Gasteiger charge is 2.09. The van der Waals surface area contributed by atoms with Crippen LogP contribution in [0.4, 0.5) is 15.9 Å². The first-order valence-electron chi connectivity index (χ1n) is 7.19. The van der Waals surface area contributed by atoms with Crippen molar-refractivity contribution in [3.63, 3.8) is 0 Å². The molecule has 4 nitrogen and oxygen atoms in total. The summed E-state index contributed by atoms with van der Waals surface area (Å²) in [5.74, 6) is 0.522. The third-order valence-electron chi connectivity index (χ3n) is 3.13. The van der Waals surface area contributed by atoms with E-state index in [0.29, 0.717) is 12.6 Å². The quantitative estimate of drug-likeness (QED) is 0.885. The first kappa shape index (κ1) is 15.4. The van der Waals surface area contributed by atoms with Crippen molar-refractivity contribution in [2.75, 3.05) is 11.4 Å². The van der Waals surface area contributed by atoms with Gasteiger partial charge in [-0.15, -0.1) is 5.10 Å². The van der Waals surface area contributed by atoms with E-state index in [2.05, 4.69) is 29.4 Å². The van der Waals surface area contributed by atoms with Gasteiger partial charge in [-0.25, -0.2) is 4.39 Å². The van der Waals surface area contributed by atoms with Gasteiger partial charge in [0.2, 0.25) is 0 Å². The Hall–Kier alpha value is -2.01. The molecule has 1 N–H and O–H groups in total. The molecule has 0 amide bonds. The van der Waals surface area contributed by atoms with Crippen LogP contribution in [-0.4, -0.2) is 22.8 Å². The van der Waals surface area contributed by atoms with Crippen LogP contribution in [0.2, 0.25) is 0 Å². The molecule has 2 aromatic rings. The molecule has 0 fully saturated rings. The molecule has 0 atom stereocenters. The van der Waals surface area contributed by atoms with Crippen LogP contribution in [0.5, 0.6) is 0 Å². The Labute approximate surface area is 125 Å². The Morgan fingerprint density at radius 3 is 2.33 bits per heavy atom. The van der Waals surface area contributed by atoms with E-state index in [1.807, 2.05) is 24.0 Å². The van der Waals surface area contributed by atoms with Crippen molar-refractivity contribution in [2.24, 2.45) is 0 Å². The third-order valence-corrected chi connectivity index (χ3v) is 3.13. The number of benzene rings is 1. The molecule has 0 unspecified atom stereocenters. The van der Waals surface area contributed by atoms with Gasteiger partial charge in [0.15, 0.2) is 5.82 Å². The molecule has 0 saturated carbocycles. The molecule has 0 aliphatic heterocycles. The van der Waals surface area contributed by atoms with E-state index in [1.165, 1.54) is 12.1 Å². The zero-order chi connectivity index (χ0) is 15.2. The van der Waals surface area contributed by atoms with Gasteiger partial charge in [-0.2, -0.15) is 5.10 Å². The Morgan fingerprint density at radius 1 is 1.10 bits per heavy atom. The molecule has 112 valence electrons. The van der Waals surface area contributed by atoms with E-state index in [9.17, 15) is 4.39 Å². The van der Waals surface area contributed by atoms with Crippen molar-refractivity contribution in [1.82, 2.24) is 15.5 Å². The SMILES string of the molecule is CCN(c1ccc(F)cc1)c1ccc(CNC(C)C)nn1. The van der Waals surface area contributed by atoms with Crippen molar-refractivity contribution < 1.29 is 4.39 Å². The van der Waals surface area contributed by atoms with Gasteiger partial charge in [0.25, 0.3) is 0 Å². The van der Waals surface area contributed by atoms with Gasteiger partial charge in [0.05, 0.1) is 5.69 Å². The zero-order valence-corrected chi connectivity index (χ0v) is 12.7. The summed E-state index contributed by atoms with van der Waals surface area (Å²) in [5.41, 5.74) is 1.81. The Bertz CT molecular complexity index is 551. The normalized spacial score (nSPS) is 10.9. The van der Waals surface area contributed by atoms with Gasteiger partial charge in [0.1, 0.15) is 5.82 Å². The van der Waals surface area contributed by atoms with Crippen LogP contribution in [0.25, 0.3) is 0 Å². The van der Waals surface area contributed by atoms with E-state index in [4.69, 9.17) is 0 Å². The fraction of sp³-hybridized carbons (Fsp3) is 0.375. The summed E-state index contributed by atoms with van der Waals surface area (Å²) in [7, 11) is 0. The molecule has 1 heterocycles. The summed E-state index contributed by atoms with van der Waals surface area (Å²) < 4.78 is 13.0. The molecule has 0 aliphatic carbocycles. The van der Waals surface area contributed by atoms with Gasteiger partial charge < -0.3 is 10.2 Å². The maximum atomic E-state index is 13.0. The second-order valence-corrected chi connectivity index (χ2v) is 5.14. The average molecular weight is 288 g/mol. The second-order valence-electron chi connectivity index (χ2n) is 5.14. The largest absolute Gasteiger partial charge is 0.325 e. The predicted molar refractivity (Wildman–Crippen MR) is 83.1 cm³/mol. The van der Waals surface area contributed by atoms with Crippen LogP contribution in [-0.2, 0) is 6.54 Å². The van der Waals surface area contributed by atoms with Gasteiger partial charge >= 0.3 is 0 Å². The minimum atomic E-state index is -0.240. The number of nitrogens with zero attached hydrogens (tertiary/aromatic N) is 3. The molecule has 21 heavy (non-hydrogen) atoms. The fourth-order valence-electron chi connectivity index (χ4n) is 2.00. The summed E-state index contributed by atoms with van der Waals surface area (Å²) in [6.07, 6.45) is 0. The van der Waals surface area contributed by atoms with E-state index in [0.717, 1.165) is 23.7 Å². The van der Waals surface area contributed by atoms with E-state index in [1.54, 1.807) is 12.1 Å². The lowest BCUT2D eigenvalue weighted by Gasteiger charge is -2.21.